The van der Waals surface area contributed by atoms with Gasteiger partial charge in [-0.15, -0.1) is 0 Å². The second-order valence-electron chi connectivity index (χ2n) is 8.18. The summed E-state index contributed by atoms with van der Waals surface area (Å²) < 4.78 is 12.9. The van der Waals surface area contributed by atoms with Crippen LogP contribution in [0.5, 0.6) is 0 Å². The monoisotopic (exact) mass is 513 g/mol. The first-order valence-electron chi connectivity index (χ1n) is 10.9. The fourth-order valence-electron chi connectivity index (χ4n) is 4.11. The Balaban J connectivity index is 1.52. The van der Waals surface area contributed by atoms with Gasteiger partial charge in [0, 0.05) is 32.1 Å². The number of amidine groups is 2. The van der Waals surface area contributed by atoms with E-state index in [2.05, 4.69) is 0 Å². The zero-order valence-corrected chi connectivity index (χ0v) is 20.6. The third-order valence-corrected chi connectivity index (χ3v) is 6.65. The summed E-state index contributed by atoms with van der Waals surface area (Å²) in [6.07, 6.45) is 5.05. The lowest BCUT2D eigenvalue weighted by molar-refractivity contribution is 0.454. The van der Waals surface area contributed by atoms with Gasteiger partial charge in [0.25, 0.3) is 0 Å². The molecule has 1 heterocycles. The molecule has 0 amide bonds. The minimum absolute atomic E-state index is 0.0329. The van der Waals surface area contributed by atoms with E-state index in [4.69, 9.17) is 45.6 Å². The summed E-state index contributed by atoms with van der Waals surface area (Å²) in [5, 5.41) is 18.6. The number of alkyl halides is 1. The Morgan fingerprint density at radius 2 is 1.53 bits per heavy atom. The predicted molar refractivity (Wildman–Crippen MR) is 141 cm³/mol. The van der Waals surface area contributed by atoms with E-state index in [1.165, 1.54) is 0 Å². The molecule has 4 rings (SSSR count). The van der Waals surface area contributed by atoms with Crippen LogP contribution in [0.15, 0.2) is 66.7 Å². The number of fused-ring (bicyclic) bond motifs is 1. The first kappa shape index (κ1) is 24.5. The highest BCUT2D eigenvalue weighted by Gasteiger charge is 2.29. The molecule has 0 saturated carbocycles. The number of halogens is 4. The highest BCUT2D eigenvalue weighted by Crippen LogP contribution is 2.31. The zero-order valence-electron chi connectivity index (χ0n) is 18.3. The maximum absolute atomic E-state index is 12.9. The SMILES string of the molecule is N=C1c2ccccc2C(=N)N1Cc1ccc(/C=C/C(CCCF)c2cc(Cl)cc(Cl)c2)cc1Cl. The minimum atomic E-state index is -0.385. The van der Waals surface area contributed by atoms with Crippen molar-refractivity contribution in [3.8, 4) is 0 Å². The van der Waals surface area contributed by atoms with Crippen molar-refractivity contribution >= 4 is 52.6 Å². The van der Waals surface area contributed by atoms with E-state index in [1.807, 2.05) is 66.7 Å². The van der Waals surface area contributed by atoms with Gasteiger partial charge < -0.3 is 4.90 Å². The Hall–Kier alpha value is -2.66. The van der Waals surface area contributed by atoms with Crippen LogP contribution in [0.2, 0.25) is 15.1 Å². The van der Waals surface area contributed by atoms with Gasteiger partial charge in [-0.05, 0) is 53.8 Å². The standard InChI is InChI=1S/C27H23Cl3FN3/c28-21-13-20(14-22(29)15-21)18(4-3-11-31)9-7-17-8-10-19(25(30)12-17)16-34-26(32)23-5-1-2-6-24(23)27(34)33/h1-2,5-10,12-15,18,32-33H,3-4,11,16H2/b9-7+,32-26?,33-27?. The minimum Gasteiger partial charge on any atom is -0.306 e. The molecule has 0 spiro atoms. The van der Waals surface area contributed by atoms with Gasteiger partial charge in [0.1, 0.15) is 11.7 Å². The van der Waals surface area contributed by atoms with E-state index in [-0.39, 0.29) is 12.6 Å². The molecule has 3 aromatic carbocycles. The van der Waals surface area contributed by atoms with Gasteiger partial charge in [0.15, 0.2) is 0 Å². The molecular weight excluding hydrogens is 492 g/mol. The molecule has 3 aromatic rings. The molecule has 1 aliphatic rings. The third-order valence-electron chi connectivity index (χ3n) is 5.87. The summed E-state index contributed by atoms with van der Waals surface area (Å²) >= 11 is 18.9. The van der Waals surface area contributed by atoms with Crippen LogP contribution in [0.4, 0.5) is 4.39 Å². The number of rotatable bonds is 8. The summed E-state index contributed by atoms with van der Waals surface area (Å²) in [5.41, 5.74) is 4.18. The summed E-state index contributed by atoms with van der Waals surface area (Å²) in [6.45, 7) is -0.0428. The highest BCUT2D eigenvalue weighted by atomic mass is 35.5. The Morgan fingerprint density at radius 3 is 2.12 bits per heavy atom. The summed E-state index contributed by atoms with van der Waals surface area (Å²) in [7, 11) is 0. The fraction of sp³-hybridized carbons (Fsp3) is 0.185. The molecule has 1 atom stereocenters. The normalized spacial score (nSPS) is 14.2. The zero-order chi connectivity index (χ0) is 24.2. The lowest BCUT2D eigenvalue weighted by Crippen LogP contribution is -2.29. The molecule has 0 aliphatic carbocycles. The van der Waals surface area contributed by atoms with Crippen LogP contribution in [-0.2, 0) is 6.54 Å². The van der Waals surface area contributed by atoms with Gasteiger partial charge >= 0.3 is 0 Å². The Morgan fingerprint density at radius 1 is 0.882 bits per heavy atom. The molecule has 0 radical (unpaired) electrons. The number of nitrogens with zero attached hydrogens (tertiary/aromatic N) is 1. The third kappa shape index (κ3) is 5.35. The second kappa shape index (κ2) is 10.7. The van der Waals surface area contributed by atoms with Gasteiger partial charge in [-0.3, -0.25) is 15.2 Å². The van der Waals surface area contributed by atoms with Gasteiger partial charge in [-0.1, -0.05) is 83.4 Å². The van der Waals surface area contributed by atoms with Gasteiger partial charge in [-0.25, -0.2) is 0 Å². The molecule has 34 heavy (non-hydrogen) atoms. The van der Waals surface area contributed by atoms with E-state index < -0.39 is 0 Å². The Labute approximate surface area is 213 Å². The molecule has 0 fully saturated rings. The van der Waals surface area contributed by atoms with Crippen LogP contribution in [0.25, 0.3) is 6.08 Å². The Bertz CT molecular complexity index is 1220. The van der Waals surface area contributed by atoms with E-state index in [1.54, 1.807) is 11.0 Å². The van der Waals surface area contributed by atoms with Crippen molar-refractivity contribution in [2.24, 2.45) is 0 Å². The molecular formula is C27H23Cl3FN3. The van der Waals surface area contributed by atoms with Crippen LogP contribution in [0, 0.1) is 10.8 Å². The molecule has 0 bridgehead atoms. The molecule has 174 valence electrons. The smallest absolute Gasteiger partial charge is 0.134 e. The summed E-state index contributed by atoms with van der Waals surface area (Å²) in [5.74, 6) is 0.572. The number of hydrogen-bond acceptors (Lipinski definition) is 2. The van der Waals surface area contributed by atoms with E-state index in [9.17, 15) is 4.39 Å². The lowest BCUT2D eigenvalue weighted by atomic mass is 9.93. The lowest BCUT2D eigenvalue weighted by Gasteiger charge is -2.19. The van der Waals surface area contributed by atoms with Gasteiger partial charge in [-0.2, -0.15) is 0 Å². The van der Waals surface area contributed by atoms with Crippen molar-refractivity contribution in [2.45, 2.75) is 25.3 Å². The number of hydrogen-bond donors (Lipinski definition) is 2. The topological polar surface area (TPSA) is 50.9 Å². The molecule has 3 nitrogen and oxygen atoms in total. The first-order chi connectivity index (χ1) is 16.4. The van der Waals surface area contributed by atoms with Crippen LogP contribution in [0.3, 0.4) is 0 Å². The molecule has 1 unspecified atom stereocenters. The maximum atomic E-state index is 12.9. The van der Waals surface area contributed by atoms with E-state index >= 15 is 0 Å². The quantitative estimate of drug-likeness (QED) is 0.312. The van der Waals surface area contributed by atoms with Gasteiger partial charge in [0.05, 0.1) is 13.2 Å². The van der Waals surface area contributed by atoms with Crippen molar-refractivity contribution in [3.63, 3.8) is 0 Å². The average molecular weight is 515 g/mol. The van der Waals surface area contributed by atoms with Gasteiger partial charge in [0.2, 0.25) is 0 Å². The molecule has 0 saturated heterocycles. The van der Waals surface area contributed by atoms with Crippen LogP contribution in [0.1, 0.15) is 46.6 Å². The van der Waals surface area contributed by atoms with E-state index in [0.29, 0.717) is 46.1 Å². The van der Waals surface area contributed by atoms with Crippen molar-refractivity contribution in [3.05, 3.63) is 110 Å². The maximum Gasteiger partial charge on any atom is 0.134 e. The number of allylic oxidation sites excluding steroid dienone is 1. The molecule has 0 aromatic heterocycles. The summed E-state index contributed by atoms with van der Waals surface area (Å²) in [4.78, 5) is 1.65. The second-order valence-corrected chi connectivity index (χ2v) is 9.46. The average Bonchev–Trinajstić information content (AvgIpc) is 3.05. The number of benzene rings is 3. The van der Waals surface area contributed by atoms with Crippen molar-refractivity contribution in [1.29, 1.82) is 10.8 Å². The fourth-order valence-corrected chi connectivity index (χ4v) is 4.90. The molecule has 1 aliphatic heterocycles. The van der Waals surface area contributed by atoms with Crippen molar-refractivity contribution < 1.29 is 4.39 Å². The largest absolute Gasteiger partial charge is 0.306 e. The van der Waals surface area contributed by atoms with Crippen LogP contribution in [-0.4, -0.2) is 23.2 Å². The van der Waals surface area contributed by atoms with Crippen molar-refractivity contribution in [2.75, 3.05) is 6.67 Å². The van der Waals surface area contributed by atoms with Crippen molar-refractivity contribution in [1.82, 2.24) is 4.90 Å². The Kier molecular flexibility index (Phi) is 7.72. The van der Waals surface area contributed by atoms with Crippen LogP contribution >= 0.6 is 34.8 Å². The predicted octanol–water partition coefficient (Wildman–Crippen LogP) is 8.36. The number of nitrogens with one attached hydrogen (secondary N) is 2. The highest BCUT2D eigenvalue weighted by molar-refractivity contribution is 6.34. The molecule has 2 N–H and O–H groups in total. The summed E-state index contributed by atoms with van der Waals surface area (Å²) in [6, 6.07) is 18.6. The van der Waals surface area contributed by atoms with E-state index in [0.717, 1.165) is 27.8 Å². The first-order valence-corrected chi connectivity index (χ1v) is 12.0. The van der Waals surface area contributed by atoms with Crippen LogP contribution < -0.4 is 0 Å². The molecule has 7 heteroatoms.